The van der Waals surface area contributed by atoms with Crippen LogP contribution in [0.15, 0.2) is 15.5 Å². The number of rotatable bonds is 6. The minimum Gasteiger partial charge on any atom is -0.468 e. The van der Waals surface area contributed by atoms with Crippen molar-refractivity contribution >= 4 is 39.3 Å². The third-order valence-corrected chi connectivity index (χ3v) is 3.68. The average Bonchev–Trinajstić information content (AvgIpc) is 2.40. The zero-order valence-corrected chi connectivity index (χ0v) is 13.1. The number of nitrogens with zero attached hydrogens (tertiary/aromatic N) is 2. The molecule has 0 fully saturated rings. The molecule has 0 radical (unpaired) electrons. The Morgan fingerprint density at radius 3 is 2.81 bits per heavy atom. The summed E-state index contributed by atoms with van der Waals surface area (Å²) in [7, 11) is 1.18. The number of anilines is 1. The lowest BCUT2D eigenvalue weighted by molar-refractivity contribution is -0.141. The first-order chi connectivity index (χ1) is 9.74. The highest BCUT2D eigenvalue weighted by Crippen LogP contribution is 2.29. The van der Waals surface area contributed by atoms with E-state index >= 15 is 0 Å². The fourth-order valence-electron chi connectivity index (χ4n) is 1.24. The van der Waals surface area contributed by atoms with Crippen molar-refractivity contribution in [2.45, 2.75) is 12.1 Å². The average molecular weight is 390 g/mol. The van der Waals surface area contributed by atoms with Crippen molar-refractivity contribution < 1.29 is 22.7 Å². The molecule has 21 heavy (non-hydrogen) atoms. The van der Waals surface area contributed by atoms with Gasteiger partial charge in [0.25, 0.3) is 5.56 Å². The summed E-state index contributed by atoms with van der Waals surface area (Å²) in [5, 5.41) is 6.40. The number of hydrogen-bond acceptors (Lipinski definition) is 6. The molecule has 6 nitrogen and oxygen atoms in total. The van der Waals surface area contributed by atoms with Crippen molar-refractivity contribution in [2.24, 2.45) is 0 Å². The number of thioether (sulfide) groups is 1. The van der Waals surface area contributed by atoms with Crippen molar-refractivity contribution in [1.82, 2.24) is 9.78 Å². The zero-order valence-electron chi connectivity index (χ0n) is 10.7. The molecular weight excluding hydrogens is 379 g/mol. The van der Waals surface area contributed by atoms with Crippen LogP contribution in [0.25, 0.3) is 0 Å². The van der Waals surface area contributed by atoms with E-state index in [4.69, 9.17) is 0 Å². The van der Waals surface area contributed by atoms with Crippen LogP contribution in [-0.4, -0.2) is 40.7 Å². The fraction of sp³-hybridized carbons (Fsp3) is 0.500. The third-order valence-electron chi connectivity index (χ3n) is 2.17. The molecule has 0 unspecified atom stereocenters. The smallest absolute Gasteiger partial charge is 0.441 e. The second-order valence-corrected chi connectivity index (χ2v) is 5.58. The predicted molar refractivity (Wildman–Crippen MR) is 75.2 cm³/mol. The van der Waals surface area contributed by atoms with E-state index in [0.717, 1.165) is 4.68 Å². The van der Waals surface area contributed by atoms with Gasteiger partial charge in [-0.15, -0.1) is 0 Å². The second kappa shape index (κ2) is 7.69. The number of nitrogens with one attached hydrogen (secondary N) is 1. The number of methoxy groups -OCH3 is 1. The maximum absolute atomic E-state index is 11.9. The fourth-order valence-corrected chi connectivity index (χ4v) is 2.12. The summed E-state index contributed by atoms with van der Waals surface area (Å²) >= 11 is 2.85. The maximum Gasteiger partial charge on any atom is 0.441 e. The van der Waals surface area contributed by atoms with Crippen LogP contribution in [-0.2, 0) is 16.1 Å². The highest BCUT2D eigenvalue weighted by atomic mass is 79.9. The summed E-state index contributed by atoms with van der Waals surface area (Å²) in [6.45, 7) is -0.344. The van der Waals surface area contributed by atoms with E-state index in [9.17, 15) is 22.8 Å². The van der Waals surface area contributed by atoms with Crippen LogP contribution in [0.2, 0.25) is 0 Å². The molecule has 1 rings (SSSR count). The maximum atomic E-state index is 11.9. The first-order valence-corrected chi connectivity index (χ1v) is 7.29. The molecule has 0 aliphatic heterocycles. The van der Waals surface area contributed by atoms with Gasteiger partial charge in [-0.1, -0.05) is 0 Å². The lowest BCUT2D eigenvalue weighted by Crippen LogP contribution is -2.28. The summed E-state index contributed by atoms with van der Waals surface area (Å²) in [6, 6.07) is 0. The topological polar surface area (TPSA) is 73.2 Å². The van der Waals surface area contributed by atoms with Gasteiger partial charge in [-0.25, -0.2) is 4.68 Å². The van der Waals surface area contributed by atoms with E-state index in [0.29, 0.717) is 0 Å². The van der Waals surface area contributed by atoms with E-state index in [1.54, 1.807) is 0 Å². The summed E-state index contributed by atoms with van der Waals surface area (Å²) < 4.78 is 41.2. The molecule has 0 atom stereocenters. The number of halogens is 4. The van der Waals surface area contributed by atoms with Crippen molar-refractivity contribution in [2.75, 3.05) is 24.7 Å². The van der Waals surface area contributed by atoms with Crippen molar-refractivity contribution in [3.8, 4) is 0 Å². The molecule has 0 aromatic carbocycles. The van der Waals surface area contributed by atoms with Crippen LogP contribution < -0.4 is 10.9 Å². The van der Waals surface area contributed by atoms with Crippen LogP contribution in [0.5, 0.6) is 0 Å². The van der Waals surface area contributed by atoms with Crippen LogP contribution >= 0.6 is 27.7 Å². The summed E-state index contributed by atoms with van der Waals surface area (Å²) in [4.78, 5) is 22.9. The molecule has 0 saturated heterocycles. The molecule has 0 spiro atoms. The molecule has 1 heterocycles. The Kier molecular flexibility index (Phi) is 6.52. The number of esters is 1. The Labute approximate surface area is 130 Å². The largest absolute Gasteiger partial charge is 0.468 e. The third kappa shape index (κ3) is 5.96. The summed E-state index contributed by atoms with van der Waals surface area (Å²) in [5.41, 5.74) is -4.63. The van der Waals surface area contributed by atoms with Gasteiger partial charge >= 0.3 is 11.5 Å². The van der Waals surface area contributed by atoms with Gasteiger partial charge in [0.1, 0.15) is 11.0 Å². The highest BCUT2D eigenvalue weighted by Gasteiger charge is 2.27. The van der Waals surface area contributed by atoms with Crippen LogP contribution in [0.1, 0.15) is 0 Å². The molecule has 1 aromatic heterocycles. The van der Waals surface area contributed by atoms with E-state index in [-0.39, 0.29) is 40.8 Å². The van der Waals surface area contributed by atoms with E-state index in [1.165, 1.54) is 13.3 Å². The van der Waals surface area contributed by atoms with Crippen molar-refractivity contribution in [3.05, 3.63) is 21.0 Å². The Hall–Kier alpha value is -1.23. The minimum absolute atomic E-state index is 0.00487. The Balaban J connectivity index is 2.67. The normalized spacial score (nSPS) is 11.3. The molecule has 118 valence electrons. The summed E-state index contributed by atoms with van der Waals surface area (Å²) in [5.74, 6) is -0.847. The number of alkyl halides is 3. The molecule has 1 N–H and O–H groups in total. The van der Waals surface area contributed by atoms with E-state index < -0.39 is 17.0 Å². The first-order valence-electron chi connectivity index (χ1n) is 5.51. The van der Waals surface area contributed by atoms with Gasteiger partial charge in [-0.3, -0.25) is 9.59 Å². The quantitative estimate of drug-likeness (QED) is 0.591. The molecule has 1 aromatic rings. The number of ether oxygens (including phenoxy) is 1. The highest BCUT2D eigenvalue weighted by molar-refractivity contribution is 9.10. The molecule has 0 amide bonds. The van der Waals surface area contributed by atoms with Crippen molar-refractivity contribution in [1.29, 1.82) is 0 Å². The molecule has 0 aliphatic carbocycles. The molecule has 11 heteroatoms. The number of carbonyl (C=O) groups is 1. The van der Waals surface area contributed by atoms with E-state index in [2.05, 4.69) is 31.1 Å². The first kappa shape index (κ1) is 17.8. The molecule has 0 bridgehead atoms. The standard InChI is InChI=1S/C10H11BrF3N3O3S/c1-20-7(18)5-17-9(19)8(11)6(4-16-17)15-2-3-21-10(12,13)14/h4,15H,2-3,5H2,1H3. The molecule has 0 saturated carbocycles. The molecular formula is C10H11BrF3N3O3S. The van der Waals surface area contributed by atoms with Gasteiger partial charge in [0, 0.05) is 12.3 Å². The van der Waals surface area contributed by atoms with Gasteiger partial charge < -0.3 is 10.1 Å². The zero-order chi connectivity index (χ0) is 16.0. The van der Waals surface area contributed by atoms with Gasteiger partial charge in [-0.2, -0.15) is 18.3 Å². The van der Waals surface area contributed by atoms with Gasteiger partial charge in [0.2, 0.25) is 0 Å². The minimum atomic E-state index is -4.29. The number of carbonyl (C=O) groups excluding carboxylic acids is 1. The Morgan fingerprint density at radius 1 is 1.57 bits per heavy atom. The van der Waals surface area contributed by atoms with Gasteiger partial charge in [0.15, 0.2) is 0 Å². The van der Waals surface area contributed by atoms with Crippen LogP contribution in [0.4, 0.5) is 18.9 Å². The van der Waals surface area contributed by atoms with Crippen LogP contribution in [0, 0.1) is 0 Å². The Morgan fingerprint density at radius 2 is 2.24 bits per heavy atom. The predicted octanol–water partition coefficient (Wildman–Crippen LogP) is 1.84. The van der Waals surface area contributed by atoms with E-state index in [1.807, 2.05) is 0 Å². The number of aromatic nitrogens is 2. The Bertz CT molecular complexity index is 565. The number of hydrogen-bond donors (Lipinski definition) is 1. The van der Waals surface area contributed by atoms with Crippen LogP contribution in [0.3, 0.4) is 0 Å². The lowest BCUT2D eigenvalue weighted by Gasteiger charge is -2.10. The SMILES string of the molecule is COC(=O)Cn1ncc(NCCSC(F)(F)F)c(Br)c1=O. The van der Waals surface area contributed by atoms with Gasteiger partial charge in [-0.05, 0) is 27.7 Å². The van der Waals surface area contributed by atoms with Crippen molar-refractivity contribution in [3.63, 3.8) is 0 Å². The second-order valence-electron chi connectivity index (χ2n) is 3.63. The summed E-state index contributed by atoms with van der Waals surface area (Å²) in [6.07, 6.45) is 1.24. The lowest BCUT2D eigenvalue weighted by atomic mass is 10.4. The molecule has 0 aliphatic rings. The van der Waals surface area contributed by atoms with Gasteiger partial charge in [0.05, 0.1) is 19.0 Å². The monoisotopic (exact) mass is 389 g/mol.